The van der Waals surface area contributed by atoms with E-state index in [9.17, 15) is 0 Å². The smallest absolute Gasteiger partial charge is 0.0462 e. The molecule has 0 radical (unpaired) electrons. The van der Waals surface area contributed by atoms with E-state index in [1.165, 1.54) is 55.6 Å². The average Bonchev–Trinajstić information content (AvgIpc) is 3.41. The van der Waals surface area contributed by atoms with E-state index in [2.05, 4.69) is 188 Å². The Morgan fingerprint density at radius 1 is 0.333 bits per heavy atom. The van der Waals surface area contributed by atoms with Crippen molar-refractivity contribution in [2.45, 2.75) is 12.8 Å². The van der Waals surface area contributed by atoms with E-state index in [-0.39, 0.29) is 0 Å². The lowest BCUT2D eigenvalue weighted by Crippen LogP contribution is -2.09. The highest BCUT2D eigenvalue weighted by Gasteiger charge is 2.25. The molecule has 1 heteroatoms. The molecule has 0 unspecified atom stereocenters. The number of nitrogens with zero attached hydrogens (tertiary/aromatic N) is 1. The Morgan fingerprint density at radius 2 is 0.733 bits per heavy atom. The Hall–Kier alpha value is -5.66. The molecule has 214 valence electrons. The van der Waals surface area contributed by atoms with Crippen molar-refractivity contribution in [1.82, 2.24) is 0 Å². The third kappa shape index (κ3) is 5.03. The van der Waals surface area contributed by atoms with Gasteiger partial charge in [-0.2, -0.15) is 0 Å². The molecular weight excluding hydrogens is 542 g/mol. The van der Waals surface area contributed by atoms with Gasteiger partial charge in [0.15, 0.2) is 0 Å². The maximum absolute atomic E-state index is 2.37. The summed E-state index contributed by atoms with van der Waals surface area (Å²) < 4.78 is 0. The summed E-state index contributed by atoms with van der Waals surface area (Å²) in [6.07, 6.45) is 0. The van der Waals surface area contributed by atoms with E-state index in [4.69, 9.17) is 0 Å². The molecular formula is C44H33N. The van der Waals surface area contributed by atoms with Gasteiger partial charge in [-0.3, -0.25) is 0 Å². The Balaban J connectivity index is 1.07. The summed E-state index contributed by atoms with van der Waals surface area (Å²) >= 11 is 0. The zero-order valence-corrected chi connectivity index (χ0v) is 25.3. The maximum Gasteiger partial charge on any atom is 0.0462 e. The normalized spacial score (nSPS) is 13.2. The van der Waals surface area contributed by atoms with Crippen LogP contribution >= 0.6 is 0 Å². The highest BCUT2D eigenvalue weighted by molar-refractivity contribution is 5.84. The summed E-state index contributed by atoms with van der Waals surface area (Å²) in [4.78, 5) is 2.31. The molecule has 45 heavy (non-hydrogen) atoms. The van der Waals surface area contributed by atoms with Gasteiger partial charge in [-0.1, -0.05) is 140 Å². The predicted octanol–water partition coefficient (Wildman–Crippen LogP) is 12.3. The summed E-state index contributed by atoms with van der Waals surface area (Å²) in [5.41, 5.74) is 16.3. The molecule has 1 atom stereocenters. The molecule has 1 aliphatic carbocycles. The van der Waals surface area contributed by atoms with Crippen LogP contribution in [0.15, 0.2) is 176 Å². The van der Waals surface area contributed by atoms with Crippen LogP contribution in [0, 0.1) is 0 Å². The van der Waals surface area contributed by atoms with Crippen LogP contribution in [0.2, 0.25) is 0 Å². The van der Waals surface area contributed by atoms with Gasteiger partial charge in [-0.05, 0) is 98.1 Å². The molecule has 1 nitrogen and oxygen atoms in total. The zero-order chi connectivity index (χ0) is 30.2. The second-order valence-corrected chi connectivity index (χ2v) is 11.8. The summed E-state index contributed by atoms with van der Waals surface area (Å²) in [7, 11) is 0. The molecule has 0 fully saturated rings. The van der Waals surface area contributed by atoms with Gasteiger partial charge in [0, 0.05) is 23.0 Å². The van der Waals surface area contributed by atoms with E-state index < -0.39 is 0 Å². The largest absolute Gasteiger partial charge is 0.311 e. The Morgan fingerprint density at radius 3 is 1.33 bits per heavy atom. The summed E-state index contributed by atoms with van der Waals surface area (Å²) in [5.74, 6) is 0.446. The van der Waals surface area contributed by atoms with Crippen molar-refractivity contribution in [3.63, 3.8) is 0 Å². The number of fused-ring (bicyclic) bond motifs is 3. The monoisotopic (exact) mass is 575 g/mol. The Bertz CT molecular complexity index is 2080. The van der Waals surface area contributed by atoms with Crippen LogP contribution in [0.1, 0.15) is 24.0 Å². The van der Waals surface area contributed by atoms with E-state index >= 15 is 0 Å². The molecule has 0 saturated heterocycles. The van der Waals surface area contributed by atoms with E-state index in [0.29, 0.717) is 5.92 Å². The fourth-order valence-electron chi connectivity index (χ4n) is 6.75. The molecule has 0 aliphatic heterocycles. The lowest BCUT2D eigenvalue weighted by molar-refractivity contribution is 0.957. The predicted molar refractivity (Wildman–Crippen MR) is 190 cm³/mol. The highest BCUT2D eigenvalue weighted by atomic mass is 15.1. The van der Waals surface area contributed by atoms with Crippen molar-refractivity contribution in [3.05, 3.63) is 187 Å². The molecule has 0 heterocycles. The highest BCUT2D eigenvalue weighted by Crippen LogP contribution is 2.46. The lowest BCUT2D eigenvalue weighted by Gasteiger charge is -2.26. The topological polar surface area (TPSA) is 3.24 Å². The van der Waals surface area contributed by atoms with Gasteiger partial charge in [0.2, 0.25) is 0 Å². The van der Waals surface area contributed by atoms with Crippen LogP contribution in [0.25, 0.3) is 44.5 Å². The summed E-state index contributed by atoms with van der Waals surface area (Å²) in [5, 5.41) is 0. The number of hydrogen-bond acceptors (Lipinski definition) is 1. The molecule has 0 bridgehead atoms. The average molecular weight is 576 g/mol. The molecule has 0 spiro atoms. The molecule has 0 N–H and O–H groups in total. The minimum absolute atomic E-state index is 0.446. The first-order valence-electron chi connectivity index (χ1n) is 15.7. The molecule has 1 aliphatic rings. The molecule has 0 aromatic heterocycles. The van der Waals surface area contributed by atoms with Crippen LogP contribution in [-0.4, -0.2) is 0 Å². The number of rotatable bonds is 6. The number of benzene rings is 7. The minimum Gasteiger partial charge on any atom is -0.311 e. The summed E-state index contributed by atoms with van der Waals surface area (Å²) in [6.45, 7) is 2.31. The van der Waals surface area contributed by atoms with Crippen LogP contribution in [0.3, 0.4) is 0 Å². The van der Waals surface area contributed by atoms with Crippen molar-refractivity contribution in [3.8, 4) is 44.5 Å². The standard InChI is InChI=1S/C44H33N/c1-31-41-14-8-9-15-43(41)44-30-37(24-29-42(31)44)36-18-16-33(17-19-36)35-22-27-40(28-23-35)45(38-12-6-3-7-13-38)39-25-20-34(21-26-39)32-10-4-2-5-11-32/h2-31H,1H3/t31-/m0/s1. The third-order valence-electron chi connectivity index (χ3n) is 9.16. The SMILES string of the molecule is C[C@H]1c2ccccc2-c2cc(-c3ccc(-c4ccc(N(c5ccccc5)c5ccc(-c6ccccc6)cc5)cc4)cc3)ccc21. The summed E-state index contributed by atoms with van der Waals surface area (Å²) in [6, 6.07) is 63.6. The maximum atomic E-state index is 2.37. The van der Waals surface area contributed by atoms with E-state index in [1.54, 1.807) is 0 Å². The Kier molecular flexibility index (Phi) is 6.85. The minimum atomic E-state index is 0.446. The van der Waals surface area contributed by atoms with E-state index in [1.807, 2.05) is 0 Å². The first-order valence-corrected chi connectivity index (χ1v) is 15.7. The second-order valence-electron chi connectivity index (χ2n) is 11.8. The quantitative estimate of drug-likeness (QED) is 0.191. The van der Waals surface area contributed by atoms with Crippen molar-refractivity contribution in [2.75, 3.05) is 4.90 Å². The molecule has 8 rings (SSSR count). The van der Waals surface area contributed by atoms with Crippen molar-refractivity contribution < 1.29 is 0 Å². The number of para-hydroxylation sites is 1. The fourth-order valence-corrected chi connectivity index (χ4v) is 6.75. The molecule has 7 aromatic carbocycles. The molecule has 0 amide bonds. The molecule has 0 saturated carbocycles. The van der Waals surface area contributed by atoms with E-state index in [0.717, 1.165) is 17.1 Å². The van der Waals surface area contributed by atoms with Crippen LogP contribution < -0.4 is 4.90 Å². The van der Waals surface area contributed by atoms with Crippen LogP contribution in [0.5, 0.6) is 0 Å². The first kappa shape index (κ1) is 26.9. The number of hydrogen-bond donors (Lipinski definition) is 0. The van der Waals surface area contributed by atoms with Crippen molar-refractivity contribution >= 4 is 17.1 Å². The van der Waals surface area contributed by atoms with Crippen LogP contribution in [0.4, 0.5) is 17.1 Å². The van der Waals surface area contributed by atoms with Gasteiger partial charge in [0.05, 0.1) is 0 Å². The third-order valence-corrected chi connectivity index (χ3v) is 9.16. The van der Waals surface area contributed by atoms with Gasteiger partial charge < -0.3 is 4.90 Å². The van der Waals surface area contributed by atoms with Crippen molar-refractivity contribution in [2.24, 2.45) is 0 Å². The second kappa shape index (κ2) is 11.4. The van der Waals surface area contributed by atoms with Gasteiger partial charge in [-0.25, -0.2) is 0 Å². The first-order chi connectivity index (χ1) is 22.2. The number of anilines is 3. The zero-order valence-electron chi connectivity index (χ0n) is 25.3. The van der Waals surface area contributed by atoms with Gasteiger partial charge in [0.1, 0.15) is 0 Å². The van der Waals surface area contributed by atoms with Gasteiger partial charge >= 0.3 is 0 Å². The van der Waals surface area contributed by atoms with Gasteiger partial charge in [-0.15, -0.1) is 0 Å². The Labute approximate surface area is 265 Å². The van der Waals surface area contributed by atoms with Gasteiger partial charge in [0.25, 0.3) is 0 Å². The lowest BCUT2D eigenvalue weighted by atomic mass is 9.95. The fraction of sp³-hybridized carbons (Fsp3) is 0.0455. The molecule has 7 aromatic rings. The van der Waals surface area contributed by atoms with Crippen LogP contribution in [-0.2, 0) is 0 Å². The van der Waals surface area contributed by atoms with Crippen molar-refractivity contribution in [1.29, 1.82) is 0 Å².